The summed E-state index contributed by atoms with van der Waals surface area (Å²) >= 11 is 3.39. The van der Waals surface area contributed by atoms with Gasteiger partial charge in [0.15, 0.2) is 0 Å². The fourth-order valence-electron chi connectivity index (χ4n) is 1.69. The molecule has 2 N–H and O–H groups in total. The molecule has 4 nitrogen and oxygen atoms in total. The van der Waals surface area contributed by atoms with Crippen molar-refractivity contribution in [1.29, 1.82) is 0 Å². The molecule has 2 aromatic rings. The van der Waals surface area contributed by atoms with Crippen molar-refractivity contribution < 1.29 is 4.79 Å². The topological polar surface area (TPSA) is 59.2 Å². The number of halogens is 1. The predicted octanol–water partition coefficient (Wildman–Crippen LogP) is 2.63. The van der Waals surface area contributed by atoms with E-state index in [0.717, 1.165) is 10.0 Å². The number of nitrogens with two attached hydrogens (primary N) is 1. The fourth-order valence-corrected chi connectivity index (χ4v) is 2.13. The number of hydrogen-bond donors (Lipinski definition) is 1. The van der Waals surface area contributed by atoms with Crippen LogP contribution in [0.2, 0.25) is 0 Å². The van der Waals surface area contributed by atoms with E-state index < -0.39 is 0 Å². The van der Waals surface area contributed by atoms with E-state index in [1.807, 2.05) is 24.3 Å². The summed E-state index contributed by atoms with van der Waals surface area (Å²) < 4.78 is 0.961. The van der Waals surface area contributed by atoms with E-state index in [-0.39, 0.29) is 5.91 Å². The molecule has 1 amide bonds. The van der Waals surface area contributed by atoms with Crippen molar-refractivity contribution in [2.45, 2.75) is 6.42 Å². The monoisotopic (exact) mass is 319 g/mol. The van der Waals surface area contributed by atoms with Crippen LogP contribution in [-0.4, -0.2) is 17.9 Å². The average Bonchev–Trinajstić information content (AvgIpc) is 2.38. The zero-order valence-corrected chi connectivity index (χ0v) is 12.1. The van der Waals surface area contributed by atoms with Gasteiger partial charge in [-0.3, -0.25) is 9.69 Å². The Kier molecular flexibility index (Phi) is 4.16. The molecule has 0 bridgehead atoms. The zero-order valence-electron chi connectivity index (χ0n) is 10.5. The molecule has 1 aromatic carbocycles. The highest BCUT2D eigenvalue weighted by Crippen LogP contribution is 2.16. The Morgan fingerprint density at radius 1 is 1.37 bits per heavy atom. The van der Waals surface area contributed by atoms with Crippen LogP contribution < -0.4 is 10.6 Å². The number of anilines is 2. The van der Waals surface area contributed by atoms with E-state index in [1.165, 1.54) is 4.90 Å². The first-order valence-corrected chi connectivity index (χ1v) is 6.58. The number of hydrogen-bond acceptors (Lipinski definition) is 3. The maximum Gasteiger partial charge on any atom is 0.232 e. The average molecular weight is 320 g/mol. The standard InChI is InChI=1S/C14H14BrN3O/c1-18(13-9-12(16)5-6-17-13)14(19)8-10-3-2-4-11(15)7-10/h2-7,9H,8H2,1H3,(H2,16,17). The third-order valence-corrected chi connectivity index (χ3v) is 3.22. The second-order valence-corrected chi connectivity index (χ2v) is 5.12. The first-order chi connectivity index (χ1) is 9.06. The normalized spacial score (nSPS) is 10.2. The third-order valence-electron chi connectivity index (χ3n) is 2.73. The minimum absolute atomic E-state index is 0.0313. The summed E-state index contributed by atoms with van der Waals surface area (Å²) in [6.45, 7) is 0. The molecule has 98 valence electrons. The molecule has 1 aromatic heterocycles. The molecule has 0 saturated carbocycles. The minimum atomic E-state index is -0.0313. The van der Waals surface area contributed by atoms with Crippen molar-refractivity contribution in [3.8, 4) is 0 Å². The number of aromatic nitrogens is 1. The molecule has 2 rings (SSSR count). The second kappa shape index (κ2) is 5.84. The fraction of sp³-hybridized carbons (Fsp3) is 0.143. The molecule has 0 spiro atoms. The van der Waals surface area contributed by atoms with Crippen LogP contribution in [-0.2, 0) is 11.2 Å². The predicted molar refractivity (Wildman–Crippen MR) is 79.9 cm³/mol. The van der Waals surface area contributed by atoms with Gasteiger partial charge < -0.3 is 5.73 Å². The lowest BCUT2D eigenvalue weighted by Crippen LogP contribution is -2.28. The number of benzene rings is 1. The van der Waals surface area contributed by atoms with Crippen LogP contribution in [0.25, 0.3) is 0 Å². The summed E-state index contributed by atoms with van der Waals surface area (Å²) in [5, 5.41) is 0. The van der Waals surface area contributed by atoms with Crippen LogP contribution in [0, 0.1) is 0 Å². The Balaban J connectivity index is 2.12. The molecule has 0 unspecified atom stereocenters. The van der Waals surface area contributed by atoms with Gasteiger partial charge in [-0.1, -0.05) is 28.1 Å². The summed E-state index contributed by atoms with van der Waals surface area (Å²) in [6, 6.07) is 11.1. The molecule has 0 aliphatic carbocycles. The highest BCUT2D eigenvalue weighted by molar-refractivity contribution is 9.10. The summed E-state index contributed by atoms with van der Waals surface area (Å²) in [5.74, 6) is 0.524. The molecule has 0 saturated heterocycles. The molecule has 0 atom stereocenters. The van der Waals surface area contributed by atoms with Crippen LogP contribution in [0.15, 0.2) is 47.1 Å². The Morgan fingerprint density at radius 2 is 2.16 bits per heavy atom. The lowest BCUT2D eigenvalue weighted by Gasteiger charge is -2.16. The molecule has 1 heterocycles. The van der Waals surface area contributed by atoms with Crippen molar-refractivity contribution in [1.82, 2.24) is 4.98 Å². The van der Waals surface area contributed by atoms with Gasteiger partial charge >= 0.3 is 0 Å². The molecular weight excluding hydrogens is 306 g/mol. The third kappa shape index (κ3) is 3.54. The van der Waals surface area contributed by atoms with Gasteiger partial charge in [-0.25, -0.2) is 4.98 Å². The van der Waals surface area contributed by atoms with Crippen molar-refractivity contribution in [2.75, 3.05) is 17.7 Å². The van der Waals surface area contributed by atoms with Gasteiger partial charge in [0.25, 0.3) is 0 Å². The lowest BCUT2D eigenvalue weighted by atomic mass is 10.1. The van der Waals surface area contributed by atoms with Crippen LogP contribution in [0.1, 0.15) is 5.56 Å². The van der Waals surface area contributed by atoms with Crippen LogP contribution in [0.5, 0.6) is 0 Å². The van der Waals surface area contributed by atoms with Gasteiger partial charge in [0.05, 0.1) is 6.42 Å². The number of pyridine rings is 1. The van der Waals surface area contributed by atoms with Crippen molar-refractivity contribution in [2.24, 2.45) is 0 Å². The maximum atomic E-state index is 12.2. The SMILES string of the molecule is CN(C(=O)Cc1cccc(Br)c1)c1cc(N)ccn1. The number of nitrogens with zero attached hydrogens (tertiary/aromatic N) is 2. The van der Waals surface area contributed by atoms with E-state index in [1.54, 1.807) is 25.4 Å². The van der Waals surface area contributed by atoms with E-state index >= 15 is 0 Å². The maximum absolute atomic E-state index is 12.2. The number of nitrogen functional groups attached to an aromatic ring is 1. The Hall–Kier alpha value is -1.88. The molecule has 19 heavy (non-hydrogen) atoms. The molecular formula is C14H14BrN3O. The molecule has 0 radical (unpaired) electrons. The number of carbonyl (C=O) groups excluding carboxylic acids is 1. The van der Waals surface area contributed by atoms with Gasteiger partial charge in [0, 0.05) is 29.5 Å². The van der Waals surface area contributed by atoms with Crippen LogP contribution >= 0.6 is 15.9 Å². The van der Waals surface area contributed by atoms with Crippen LogP contribution in [0.4, 0.5) is 11.5 Å². The Bertz CT molecular complexity index is 601. The van der Waals surface area contributed by atoms with Crippen molar-refractivity contribution in [3.63, 3.8) is 0 Å². The second-order valence-electron chi connectivity index (χ2n) is 4.21. The first kappa shape index (κ1) is 13.5. The lowest BCUT2D eigenvalue weighted by molar-refractivity contribution is -0.117. The first-order valence-electron chi connectivity index (χ1n) is 5.79. The van der Waals surface area contributed by atoms with Crippen LogP contribution in [0.3, 0.4) is 0 Å². The smallest absolute Gasteiger partial charge is 0.232 e. The Morgan fingerprint density at radius 3 is 2.84 bits per heavy atom. The summed E-state index contributed by atoms with van der Waals surface area (Å²) in [4.78, 5) is 17.8. The van der Waals surface area contributed by atoms with Gasteiger partial charge in [-0.05, 0) is 23.8 Å². The quantitative estimate of drug-likeness (QED) is 0.946. The summed E-state index contributed by atoms with van der Waals surface area (Å²) in [5.41, 5.74) is 7.23. The van der Waals surface area contributed by atoms with E-state index in [9.17, 15) is 4.79 Å². The zero-order chi connectivity index (χ0) is 13.8. The van der Waals surface area contributed by atoms with E-state index in [0.29, 0.717) is 17.9 Å². The van der Waals surface area contributed by atoms with Gasteiger partial charge in [-0.2, -0.15) is 0 Å². The Labute approximate surface area is 120 Å². The van der Waals surface area contributed by atoms with Crippen molar-refractivity contribution in [3.05, 3.63) is 52.6 Å². The molecule has 0 fully saturated rings. The largest absolute Gasteiger partial charge is 0.399 e. The number of rotatable bonds is 3. The highest BCUT2D eigenvalue weighted by Gasteiger charge is 2.13. The molecule has 0 aliphatic rings. The van der Waals surface area contributed by atoms with E-state index in [4.69, 9.17) is 5.73 Å². The number of carbonyl (C=O) groups is 1. The number of amides is 1. The number of likely N-dealkylation sites (N-methyl/N-ethyl adjacent to an activating group) is 1. The van der Waals surface area contributed by atoms with Gasteiger partial charge in [-0.15, -0.1) is 0 Å². The highest BCUT2D eigenvalue weighted by atomic mass is 79.9. The van der Waals surface area contributed by atoms with Crippen molar-refractivity contribution >= 4 is 33.3 Å². The van der Waals surface area contributed by atoms with Gasteiger partial charge in [0.2, 0.25) is 5.91 Å². The van der Waals surface area contributed by atoms with E-state index in [2.05, 4.69) is 20.9 Å². The molecule has 5 heteroatoms. The van der Waals surface area contributed by atoms with Gasteiger partial charge in [0.1, 0.15) is 5.82 Å². The summed E-state index contributed by atoms with van der Waals surface area (Å²) in [6.07, 6.45) is 1.92. The minimum Gasteiger partial charge on any atom is -0.399 e. The molecule has 0 aliphatic heterocycles. The summed E-state index contributed by atoms with van der Waals surface area (Å²) in [7, 11) is 1.70.